The van der Waals surface area contributed by atoms with Gasteiger partial charge < -0.3 is 10.1 Å². The molecule has 20 heavy (non-hydrogen) atoms. The van der Waals surface area contributed by atoms with Gasteiger partial charge in [-0.05, 0) is 47.5 Å². The van der Waals surface area contributed by atoms with Gasteiger partial charge in [-0.3, -0.25) is 0 Å². The molecular weight excluding hydrogens is 292 g/mol. The fraction of sp³-hybridized carbons (Fsp3) is 0.0769. The summed E-state index contributed by atoms with van der Waals surface area (Å²) in [7, 11) is 1.65. The minimum atomic E-state index is 0.620. The third-order valence-corrected chi connectivity index (χ3v) is 4.41. The molecule has 2 heterocycles. The van der Waals surface area contributed by atoms with Crippen molar-refractivity contribution in [2.24, 2.45) is 0 Å². The van der Waals surface area contributed by atoms with Crippen LogP contribution in [0.1, 0.15) is 0 Å². The number of hydrogen-bond donors (Lipinski definition) is 2. The Morgan fingerprint density at radius 3 is 2.80 bits per heavy atom. The molecule has 3 rings (SSSR count). The Labute approximate surface area is 124 Å². The second kappa shape index (κ2) is 5.98. The second-order valence-electron chi connectivity index (χ2n) is 3.85. The van der Waals surface area contributed by atoms with Crippen LogP contribution in [0.4, 0.5) is 11.6 Å². The number of thiophene rings is 1. The number of aromatic amines is 1. The number of benzene rings is 1. The van der Waals surface area contributed by atoms with Crippen molar-refractivity contribution in [2.45, 2.75) is 9.37 Å². The Balaban J connectivity index is 1.67. The number of hydrogen-bond acceptors (Lipinski definition) is 6. The Morgan fingerprint density at radius 1 is 1.25 bits per heavy atom. The molecule has 2 aromatic heterocycles. The molecule has 0 unspecified atom stereocenters. The molecular formula is C13H12N4OS2. The van der Waals surface area contributed by atoms with Crippen LogP contribution in [0.5, 0.6) is 5.75 Å². The summed E-state index contributed by atoms with van der Waals surface area (Å²) < 4.78 is 6.28. The van der Waals surface area contributed by atoms with Crippen LogP contribution >= 0.6 is 23.1 Å². The van der Waals surface area contributed by atoms with E-state index in [2.05, 4.69) is 20.5 Å². The summed E-state index contributed by atoms with van der Waals surface area (Å²) in [5.74, 6) is 1.44. The number of nitrogens with zero attached hydrogens (tertiary/aromatic N) is 2. The topological polar surface area (TPSA) is 62.8 Å². The maximum atomic E-state index is 5.12. The van der Waals surface area contributed by atoms with E-state index >= 15 is 0 Å². The van der Waals surface area contributed by atoms with Gasteiger partial charge in [-0.1, -0.05) is 6.07 Å². The van der Waals surface area contributed by atoms with Crippen LogP contribution in [0.2, 0.25) is 0 Å². The Hall–Kier alpha value is -1.99. The van der Waals surface area contributed by atoms with Gasteiger partial charge in [0.25, 0.3) is 0 Å². The van der Waals surface area contributed by atoms with Gasteiger partial charge in [-0.2, -0.15) is 4.98 Å². The molecule has 0 saturated heterocycles. The van der Waals surface area contributed by atoms with Gasteiger partial charge in [0.1, 0.15) is 5.75 Å². The normalized spacial score (nSPS) is 10.4. The van der Waals surface area contributed by atoms with Crippen LogP contribution in [0.3, 0.4) is 0 Å². The van der Waals surface area contributed by atoms with Crippen LogP contribution in [-0.4, -0.2) is 22.3 Å². The lowest BCUT2D eigenvalue weighted by Gasteiger charge is -2.03. The average Bonchev–Trinajstić information content (AvgIpc) is 3.12. The van der Waals surface area contributed by atoms with Crippen LogP contribution in [0.15, 0.2) is 51.1 Å². The molecule has 0 radical (unpaired) electrons. The summed E-state index contributed by atoms with van der Waals surface area (Å²) in [5, 5.41) is 12.9. The second-order valence-corrected chi connectivity index (χ2v) is 6.07. The standard InChI is InChI=1S/C13H12N4OS2/c1-18-10-6-4-9(5-7-10)14-12-15-13(17-16-12)20-11-3-2-8-19-11/h2-8H,1H3,(H2,14,15,16,17). The fourth-order valence-electron chi connectivity index (χ4n) is 1.57. The zero-order chi connectivity index (χ0) is 13.8. The molecule has 0 amide bonds. The van der Waals surface area contributed by atoms with E-state index in [4.69, 9.17) is 4.74 Å². The fourth-order valence-corrected chi connectivity index (χ4v) is 3.16. The molecule has 3 aromatic rings. The van der Waals surface area contributed by atoms with E-state index in [0.717, 1.165) is 11.4 Å². The SMILES string of the molecule is COc1ccc(Nc2nc(Sc3cccs3)n[nH]2)cc1. The van der Waals surface area contributed by atoms with Crippen molar-refractivity contribution in [3.63, 3.8) is 0 Å². The first-order valence-corrected chi connectivity index (χ1v) is 7.58. The van der Waals surface area contributed by atoms with Crippen LogP contribution in [0, 0.1) is 0 Å². The molecule has 0 fully saturated rings. The summed E-state index contributed by atoms with van der Waals surface area (Å²) >= 11 is 3.21. The predicted molar refractivity (Wildman–Crippen MR) is 81.1 cm³/mol. The van der Waals surface area contributed by atoms with Gasteiger partial charge in [0.15, 0.2) is 0 Å². The highest BCUT2D eigenvalue weighted by molar-refractivity contribution is 8.01. The Bertz CT molecular complexity index is 664. The van der Waals surface area contributed by atoms with Crippen molar-refractivity contribution in [2.75, 3.05) is 12.4 Å². The number of rotatable bonds is 5. The number of nitrogens with one attached hydrogen (secondary N) is 2. The van der Waals surface area contributed by atoms with Gasteiger partial charge in [-0.25, -0.2) is 5.10 Å². The van der Waals surface area contributed by atoms with Gasteiger partial charge in [-0.15, -0.1) is 16.4 Å². The average molecular weight is 304 g/mol. The molecule has 0 saturated carbocycles. The minimum Gasteiger partial charge on any atom is -0.497 e. The summed E-state index contributed by atoms with van der Waals surface area (Å²) in [4.78, 5) is 4.38. The van der Waals surface area contributed by atoms with E-state index in [0.29, 0.717) is 11.1 Å². The van der Waals surface area contributed by atoms with Crippen molar-refractivity contribution in [1.82, 2.24) is 15.2 Å². The van der Waals surface area contributed by atoms with Crippen LogP contribution in [-0.2, 0) is 0 Å². The lowest BCUT2D eigenvalue weighted by atomic mass is 10.3. The largest absolute Gasteiger partial charge is 0.497 e. The number of anilines is 2. The van der Waals surface area contributed by atoms with E-state index in [1.807, 2.05) is 41.8 Å². The first-order chi connectivity index (χ1) is 9.83. The molecule has 102 valence electrons. The van der Waals surface area contributed by atoms with E-state index in [9.17, 15) is 0 Å². The van der Waals surface area contributed by atoms with Crippen molar-refractivity contribution < 1.29 is 4.74 Å². The third kappa shape index (κ3) is 3.12. The minimum absolute atomic E-state index is 0.620. The Kier molecular flexibility index (Phi) is 3.89. The molecule has 1 aromatic carbocycles. The van der Waals surface area contributed by atoms with Gasteiger partial charge in [0.2, 0.25) is 11.1 Å². The molecule has 5 nitrogen and oxygen atoms in total. The van der Waals surface area contributed by atoms with Crippen molar-refractivity contribution in [1.29, 1.82) is 0 Å². The number of methoxy groups -OCH3 is 1. The molecule has 0 aliphatic rings. The zero-order valence-electron chi connectivity index (χ0n) is 10.7. The quantitative estimate of drug-likeness (QED) is 0.751. The van der Waals surface area contributed by atoms with Crippen LogP contribution in [0.25, 0.3) is 0 Å². The maximum Gasteiger partial charge on any atom is 0.223 e. The molecule has 7 heteroatoms. The monoisotopic (exact) mass is 304 g/mol. The summed E-state index contributed by atoms with van der Waals surface area (Å²) in [5.41, 5.74) is 0.926. The lowest BCUT2D eigenvalue weighted by Crippen LogP contribution is -1.92. The third-order valence-electron chi connectivity index (χ3n) is 2.50. The number of H-pyrrole nitrogens is 1. The van der Waals surface area contributed by atoms with E-state index < -0.39 is 0 Å². The summed E-state index contributed by atoms with van der Waals surface area (Å²) in [6.45, 7) is 0. The molecule has 0 spiro atoms. The molecule has 0 atom stereocenters. The number of ether oxygens (including phenoxy) is 1. The predicted octanol–water partition coefficient (Wildman–Crippen LogP) is 3.77. The van der Waals surface area contributed by atoms with Gasteiger partial charge >= 0.3 is 0 Å². The van der Waals surface area contributed by atoms with E-state index in [1.165, 1.54) is 16.0 Å². The van der Waals surface area contributed by atoms with E-state index in [1.54, 1.807) is 18.4 Å². The van der Waals surface area contributed by atoms with Crippen molar-refractivity contribution in [3.05, 3.63) is 41.8 Å². The highest BCUT2D eigenvalue weighted by Crippen LogP contribution is 2.29. The first-order valence-electron chi connectivity index (χ1n) is 5.88. The van der Waals surface area contributed by atoms with Crippen LogP contribution < -0.4 is 10.1 Å². The van der Waals surface area contributed by atoms with Gasteiger partial charge in [0, 0.05) is 5.69 Å². The summed E-state index contributed by atoms with van der Waals surface area (Å²) in [6.07, 6.45) is 0. The first kappa shape index (κ1) is 13.0. The number of aromatic nitrogens is 3. The summed E-state index contributed by atoms with van der Waals surface area (Å²) in [6, 6.07) is 11.7. The maximum absolute atomic E-state index is 5.12. The van der Waals surface area contributed by atoms with Crippen molar-refractivity contribution in [3.8, 4) is 5.75 Å². The molecule has 0 aliphatic heterocycles. The molecule has 0 bridgehead atoms. The molecule has 2 N–H and O–H groups in total. The zero-order valence-corrected chi connectivity index (χ0v) is 12.3. The lowest BCUT2D eigenvalue weighted by molar-refractivity contribution is 0.415. The highest BCUT2D eigenvalue weighted by atomic mass is 32.2. The Morgan fingerprint density at radius 2 is 2.10 bits per heavy atom. The van der Waals surface area contributed by atoms with Gasteiger partial charge in [0.05, 0.1) is 11.3 Å². The van der Waals surface area contributed by atoms with E-state index in [-0.39, 0.29) is 0 Å². The highest BCUT2D eigenvalue weighted by Gasteiger charge is 2.06. The smallest absolute Gasteiger partial charge is 0.223 e. The van der Waals surface area contributed by atoms with Crippen molar-refractivity contribution >= 4 is 34.7 Å². The molecule has 0 aliphatic carbocycles.